The maximum atomic E-state index is 13.3. The van der Waals surface area contributed by atoms with Gasteiger partial charge in [-0.15, -0.1) is 11.3 Å². The Morgan fingerprint density at radius 3 is 2.73 bits per heavy atom. The number of thiazole rings is 1. The molecule has 0 saturated carbocycles. The van der Waals surface area contributed by atoms with Gasteiger partial charge < -0.3 is 25.8 Å². The highest BCUT2D eigenvalue weighted by Gasteiger charge is 2.38. The van der Waals surface area contributed by atoms with Crippen molar-refractivity contribution in [3.05, 3.63) is 52.5 Å². The molecule has 0 unspecified atom stereocenters. The van der Waals surface area contributed by atoms with Gasteiger partial charge in [-0.2, -0.15) is 0 Å². The predicted molar refractivity (Wildman–Crippen MR) is 152 cm³/mol. The minimum atomic E-state index is -0.837. The van der Waals surface area contributed by atoms with E-state index in [1.54, 1.807) is 28.3 Å². The van der Waals surface area contributed by atoms with Gasteiger partial charge in [-0.05, 0) is 50.5 Å². The number of piperazine rings is 1. The third-order valence-corrected chi connectivity index (χ3v) is 8.34. The van der Waals surface area contributed by atoms with Gasteiger partial charge in [0.05, 0.1) is 12.6 Å². The first-order valence-electron chi connectivity index (χ1n) is 13.7. The number of guanidine groups is 1. The van der Waals surface area contributed by atoms with E-state index in [0.29, 0.717) is 31.1 Å². The molecule has 12 heteroatoms. The zero-order valence-electron chi connectivity index (χ0n) is 22.8. The SMILES string of the molecule is C[C@@H]1C(=O)N(CCCc2ccccc2)CC(=O)N1CC(=O)N[C@@H](C[C@@H]1CCCN(C(=N)N)C1)C(=O)c1nccs1. The summed E-state index contributed by atoms with van der Waals surface area (Å²) in [7, 11) is 0. The lowest BCUT2D eigenvalue weighted by atomic mass is 9.90. The standard InChI is InChI=1S/C28H37N7O4S/c1-19-27(39)33(12-5-9-20-7-3-2-4-8-20)18-24(37)35(19)17-23(36)32-22(25(38)26-31-11-14-40-26)15-21-10-6-13-34(16-21)28(29)30/h2-4,7-8,11,14,19,21-22H,5-6,9-10,12-13,15-18H2,1H3,(H3,29,30)(H,32,36)/t19-,21+,22+/m1/s1. The summed E-state index contributed by atoms with van der Waals surface area (Å²) in [6, 6.07) is 8.36. The minimum Gasteiger partial charge on any atom is -0.370 e. The topological polar surface area (TPSA) is 153 Å². The monoisotopic (exact) mass is 567 g/mol. The fourth-order valence-corrected chi connectivity index (χ4v) is 6.04. The number of nitrogens with one attached hydrogen (secondary N) is 2. The number of hydrogen-bond acceptors (Lipinski definition) is 7. The Kier molecular flexibility index (Phi) is 9.86. The third kappa shape index (κ3) is 7.44. The van der Waals surface area contributed by atoms with E-state index in [-0.39, 0.29) is 42.6 Å². The molecule has 0 bridgehead atoms. The summed E-state index contributed by atoms with van der Waals surface area (Å²) < 4.78 is 0. The van der Waals surface area contributed by atoms with Crippen LogP contribution in [0.5, 0.6) is 0 Å². The molecule has 2 fully saturated rings. The second-order valence-electron chi connectivity index (χ2n) is 10.4. The highest BCUT2D eigenvalue weighted by Crippen LogP contribution is 2.23. The first kappa shape index (κ1) is 29.2. The van der Waals surface area contributed by atoms with Crippen LogP contribution < -0.4 is 11.1 Å². The van der Waals surface area contributed by atoms with Gasteiger partial charge in [-0.3, -0.25) is 24.6 Å². The molecule has 40 heavy (non-hydrogen) atoms. The quantitative estimate of drug-likeness (QED) is 0.211. The van der Waals surface area contributed by atoms with Crippen LogP contribution in [0.4, 0.5) is 0 Å². The average molecular weight is 568 g/mol. The van der Waals surface area contributed by atoms with Crippen molar-refractivity contribution >= 4 is 40.8 Å². The zero-order chi connectivity index (χ0) is 28.6. The highest BCUT2D eigenvalue weighted by molar-refractivity contribution is 7.11. The van der Waals surface area contributed by atoms with Crippen LogP contribution in [0.15, 0.2) is 41.9 Å². The van der Waals surface area contributed by atoms with E-state index in [0.717, 1.165) is 25.7 Å². The van der Waals surface area contributed by atoms with Gasteiger partial charge in [0.2, 0.25) is 23.5 Å². The number of nitrogens with two attached hydrogens (primary N) is 1. The lowest BCUT2D eigenvalue weighted by Gasteiger charge is -2.38. The Hall–Kier alpha value is -3.80. The highest BCUT2D eigenvalue weighted by atomic mass is 32.1. The summed E-state index contributed by atoms with van der Waals surface area (Å²) in [5.74, 6) is -1.24. The second kappa shape index (κ2) is 13.5. The Labute approximate surface area is 238 Å². The Balaban J connectivity index is 1.35. The molecule has 2 aromatic rings. The molecule has 1 aromatic carbocycles. The number of benzene rings is 1. The summed E-state index contributed by atoms with van der Waals surface area (Å²) in [6.45, 7) is 2.93. The van der Waals surface area contributed by atoms with Crippen molar-refractivity contribution in [1.82, 2.24) is 25.0 Å². The van der Waals surface area contributed by atoms with Gasteiger partial charge in [0, 0.05) is 31.2 Å². The van der Waals surface area contributed by atoms with Crippen molar-refractivity contribution in [1.29, 1.82) is 5.41 Å². The van der Waals surface area contributed by atoms with Crippen LogP contribution in [0.1, 0.15) is 48.0 Å². The molecule has 11 nitrogen and oxygen atoms in total. The maximum Gasteiger partial charge on any atom is 0.245 e. The van der Waals surface area contributed by atoms with E-state index >= 15 is 0 Å². The van der Waals surface area contributed by atoms with Crippen LogP contribution in [0, 0.1) is 11.3 Å². The molecule has 1 aromatic heterocycles. The van der Waals surface area contributed by atoms with Gasteiger partial charge in [0.15, 0.2) is 11.0 Å². The summed E-state index contributed by atoms with van der Waals surface area (Å²) in [5.41, 5.74) is 6.85. The summed E-state index contributed by atoms with van der Waals surface area (Å²) >= 11 is 1.20. The number of nitrogens with zero attached hydrogens (tertiary/aromatic N) is 4. The van der Waals surface area contributed by atoms with Crippen molar-refractivity contribution in [2.75, 3.05) is 32.7 Å². The largest absolute Gasteiger partial charge is 0.370 e. The van der Waals surface area contributed by atoms with E-state index < -0.39 is 18.0 Å². The normalized spacial score (nSPS) is 20.4. The number of carbonyl (C=O) groups excluding carboxylic acids is 4. The van der Waals surface area contributed by atoms with Gasteiger partial charge in [0.1, 0.15) is 12.6 Å². The van der Waals surface area contributed by atoms with Crippen molar-refractivity contribution in [3.63, 3.8) is 0 Å². The Morgan fingerprint density at radius 1 is 1.25 bits per heavy atom. The van der Waals surface area contributed by atoms with E-state index in [2.05, 4.69) is 10.3 Å². The molecule has 2 aliphatic rings. The van der Waals surface area contributed by atoms with E-state index in [1.807, 2.05) is 30.3 Å². The van der Waals surface area contributed by atoms with Crippen LogP contribution in [-0.4, -0.2) is 94.0 Å². The Morgan fingerprint density at radius 2 is 2.02 bits per heavy atom. The average Bonchev–Trinajstić information content (AvgIpc) is 3.49. The molecular weight excluding hydrogens is 530 g/mol. The zero-order valence-corrected chi connectivity index (χ0v) is 23.6. The lowest BCUT2D eigenvalue weighted by molar-refractivity contribution is -0.156. The number of aromatic nitrogens is 1. The molecule has 0 spiro atoms. The van der Waals surface area contributed by atoms with Gasteiger partial charge >= 0.3 is 0 Å². The second-order valence-corrected chi connectivity index (χ2v) is 11.3. The van der Waals surface area contributed by atoms with E-state index in [1.165, 1.54) is 21.8 Å². The number of likely N-dealkylation sites (tertiary alicyclic amines) is 1. The number of aryl methyl sites for hydroxylation is 1. The van der Waals surface area contributed by atoms with Gasteiger partial charge in [-0.1, -0.05) is 30.3 Å². The molecular formula is C28H37N7O4S. The smallest absolute Gasteiger partial charge is 0.245 e. The number of rotatable bonds is 11. The summed E-state index contributed by atoms with van der Waals surface area (Å²) in [5, 5.41) is 12.6. The van der Waals surface area contributed by atoms with Crippen molar-refractivity contribution in [2.24, 2.45) is 11.7 Å². The number of piperidine rings is 1. The van der Waals surface area contributed by atoms with E-state index in [9.17, 15) is 19.2 Å². The number of carbonyl (C=O) groups is 4. The fourth-order valence-electron chi connectivity index (χ4n) is 5.41. The molecule has 0 aliphatic carbocycles. The van der Waals surface area contributed by atoms with Crippen LogP contribution in [0.25, 0.3) is 0 Å². The lowest BCUT2D eigenvalue weighted by Crippen LogP contribution is -2.61. The third-order valence-electron chi connectivity index (χ3n) is 7.56. The number of hydrogen-bond donors (Lipinski definition) is 3. The predicted octanol–water partition coefficient (Wildman–Crippen LogP) is 1.50. The van der Waals surface area contributed by atoms with Crippen LogP contribution in [-0.2, 0) is 20.8 Å². The van der Waals surface area contributed by atoms with Crippen molar-refractivity contribution in [3.8, 4) is 0 Å². The summed E-state index contributed by atoms with van der Waals surface area (Å²) in [6.07, 6.45) is 5.13. The molecule has 2 saturated heterocycles. The van der Waals surface area contributed by atoms with Crippen LogP contribution in [0.3, 0.4) is 0 Å². The van der Waals surface area contributed by atoms with Gasteiger partial charge in [-0.25, -0.2) is 4.98 Å². The molecule has 3 atom stereocenters. The summed E-state index contributed by atoms with van der Waals surface area (Å²) in [4.78, 5) is 61.2. The van der Waals surface area contributed by atoms with Gasteiger partial charge in [0.25, 0.3) is 0 Å². The molecule has 214 valence electrons. The first-order chi connectivity index (χ1) is 19.2. The molecule has 4 rings (SSSR count). The van der Waals surface area contributed by atoms with E-state index in [4.69, 9.17) is 11.1 Å². The van der Waals surface area contributed by atoms with Crippen LogP contribution >= 0.6 is 11.3 Å². The van der Waals surface area contributed by atoms with Crippen molar-refractivity contribution < 1.29 is 19.2 Å². The van der Waals surface area contributed by atoms with Crippen LogP contribution in [0.2, 0.25) is 0 Å². The number of amides is 3. The molecule has 2 aliphatic heterocycles. The minimum absolute atomic E-state index is 0.00656. The number of ketones is 1. The molecule has 0 radical (unpaired) electrons. The fraction of sp³-hybridized carbons (Fsp3) is 0.500. The molecule has 3 heterocycles. The van der Waals surface area contributed by atoms with Crippen molar-refractivity contribution in [2.45, 2.75) is 51.1 Å². The molecule has 4 N–H and O–H groups in total. The number of Topliss-reactive ketones (excluding diaryl/α,β-unsaturated/α-hetero) is 1. The first-order valence-corrected chi connectivity index (χ1v) is 14.5. The maximum absolute atomic E-state index is 13.3. The molecule has 3 amide bonds. The Bertz CT molecular complexity index is 1210.